The van der Waals surface area contributed by atoms with Gasteiger partial charge in [-0.15, -0.1) is 11.8 Å². The summed E-state index contributed by atoms with van der Waals surface area (Å²) >= 11 is 2.52. The monoisotopic (exact) mass is 353 g/mol. The van der Waals surface area contributed by atoms with E-state index in [1.165, 1.54) is 23.2 Å². The van der Waals surface area contributed by atoms with Crippen molar-refractivity contribution in [2.24, 2.45) is 5.16 Å². The maximum absolute atomic E-state index is 11.8. The Labute approximate surface area is 139 Å². The van der Waals surface area contributed by atoms with Crippen molar-refractivity contribution in [2.75, 3.05) is 47.2 Å². The van der Waals surface area contributed by atoms with Crippen molar-refractivity contribution in [1.29, 1.82) is 0 Å². The fourth-order valence-corrected chi connectivity index (χ4v) is 2.00. The van der Waals surface area contributed by atoms with Crippen molar-refractivity contribution in [3.8, 4) is 0 Å². The minimum absolute atomic E-state index is 0.222. The number of rotatable bonds is 9. The third kappa shape index (κ3) is 9.87. The van der Waals surface area contributed by atoms with Crippen LogP contribution in [0.4, 0.5) is 4.79 Å². The van der Waals surface area contributed by atoms with Crippen molar-refractivity contribution >= 4 is 41.0 Å². The summed E-state index contributed by atoms with van der Waals surface area (Å²) in [5.41, 5.74) is 0. The Morgan fingerprint density at radius 1 is 1.23 bits per heavy atom. The van der Waals surface area contributed by atoms with Crippen LogP contribution in [0.15, 0.2) is 5.16 Å². The first-order valence-corrected chi connectivity index (χ1v) is 8.42. The van der Waals surface area contributed by atoms with Gasteiger partial charge in [0.25, 0.3) is 0 Å². The van der Waals surface area contributed by atoms with Crippen LogP contribution in [0.5, 0.6) is 0 Å². The van der Waals surface area contributed by atoms with E-state index < -0.39 is 6.09 Å². The van der Waals surface area contributed by atoms with Gasteiger partial charge in [-0.3, -0.25) is 9.63 Å². The van der Waals surface area contributed by atoms with Gasteiger partial charge in [0, 0.05) is 39.4 Å². The summed E-state index contributed by atoms with van der Waals surface area (Å²) in [5.74, 6) is -0.312. The number of carbonyl (C=O) groups is 2. The van der Waals surface area contributed by atoms with E-state index in [4.69, 9.17) is 9.57 Å². The predicted molar refractivity (Wildman–Crippen MR) is 88.5 cm³/mol. The molecule has 0 aromatic carbocycles. The molecule has 0 saturated heterocycles. The first-order chi connectivity index (χ1) is 10.4. The second-order valence-corrected chi connectivity index (χ2v) is 6.23. The summed E-state index contributed by atoms with van der Waals surface area (Å²) in [5, 5.41) is 4.33. The number of hydrogen-bond acceptors (Lipinski definition) is 9. The maximum Gasteiger partial charge on any atom is 0.446 e. The zero-order chi connectivity index (χ0) is 17.0. The molecule has 22 heavy (non-hydrogen) atoms. The number of esters is 1. The number of carbonyl (C=O) groups excluding carboxylic acids is 2. The number of ether oxygens (including phenoxy) is 2. The fourth-order valence-electron chi connectivity index (χ4n) is 1.11. The van der Waals surface area contributed by atoms with Crippen LogP contribution >= 0.6 is 23.9 Å². The molecule has 0 fully saturated rings. The molecular formula is C12H23N3O5S2. The molecule has 0 aliphatic heterocycles. The molecule has 0 N–H and O–H groups in total. The highest BCUT2D eigenvalue weighted by Crippen LogP contribution is 2.16. The van der Waals surface area contributed by atoms with Gasteiger partial charge in [0.1, 0.15) is 5.04 Å². The van der Waals surface area contributed by atoms with E-state index in [2.05, 4.69) is 9.89 Å². The highest BCUT2D eigenvalue weighted by atomic mass is 32.2. The summed E-state index contributed by atoms with van der Waals surface area (Å²) < 4.78 is 12.7. The fraction of sp³-hybridized carbons (Fsp3) is 0.750. The summed E-state index contributed by atoms with van der Waals surface area (Å²) in [6, 6.07) is 0. The molecule has 0 aliphatic carbocycles. The van der Waals surface area contributed by atoms with Gasteiger partial charge in [0.2, 0.25) is 0 Å². The Morgan fingerprint density at radius 2 is 1.91 bits per heavy atom. The second kappa shape index (κ2) is 12.6. The maximum atomic E-state index is 11.8. The molecule has 128 valence electrons. The van der Waals surface area contributed by atoms with Crippen LogP contribution in [0.1, 0.15) is 13.3 Å². The van der Waals surface area contributed by atoms with Gasteiger partial charge in [-0.05, 0) is 13.2 Å². The minimum Gasteiger partial charge on any atom is -0.469 e. The molecule has 1 amide bonds. The molecule has 0 atom stereocenters. The normalized spacial score (nSPS) is 11.5. The molecule has 0 bridgehead atoms. The van der Waals surface area contributed by atoms with Crippen molar-refractivity contribution in [2.45, 2.75) is 13.3 Å². The largest absolute Gasteiger partial charge is 0.469 e. The lowest BCUT2D eigenvalue weighted by Gasteiger charge is -2.24. The lowest BCUT2D eigenvalue weighted by atomic mass is 10.4. The molecule has 0 aromatic rings. The lowest BCUT2D eigenvalue weighted by Crippen LogP contribution is -2.31. The van der Waals surface area contributed by atoms with Gasteiger partial charge in [0.05, 0.1) is 20.1 Å². The van der Waals surface area contributed by atoms with Crippen LogP contribution in [0.3, 0.4) is 0 Å². The van der Waals surface area contributed by atoms with Crippen LogP contribution in [0.2, 0.25) is 0 Å². The number of nitrogens with zero attached hydrogens (tertiary/aromatic N) is 3. The molecule has 0 heterocycles. The molecule has 0 spiro atoms. The van der Waals surface area contributed by atoms with E-state index >= 15 is 0 Å². The molecule has 0 aromatic heterocycles. The Balaban J connectivity index is 4.42. The van der Waals surface area contributed by atoms with E-state index in [-0.39, 0.29) is 12.4 Å². The molecule has 0 radical (unpaired) electrons. The number of oxime groups is 1. The molecule has 0 unspecified atom stereocenters. The van der Waals surface area contributed by atoms with Crippen molar-refractivity contribution in [3.63, 3.8) is 0 Å². The smallest absolute Gasteiger partial charge is 0.446 e. The van der Waals surface area contributed by atoms with Crippen LogP contribution < -0.4 is 0 Å². The van der Waals surface area contributed by atoms with E-state index in [9.17, 15) is 9.59 Å². The van der Waals surface area contributed by atoms with Crippen LogP contribution in [-0.2, 0) is 19.1 Å². The first kappa shape index (κ1) is 21.0. The summed E-state index contributed by atoms with van der Waals surface area (Å²) in [6.07, 6.45) is 1.46. The van der Waals surface area contributed by atoms with Crippen molar-refractivity contribution < 1.29 is 23.9 Å². The predicted octanol–water partition coefficient (Wildman–Crippen LogP) is 1.83. The number of hydrogen-bond donors (Lipinski definition) is 0. The van der Waals surface area contributed by atoms with E-state index in [1.807, 2.05) is 10.6 Å². The first-order valence-electron chi connectivity index (χ1n) is 6.46. The standard InChI is InChI=1S/C12H23N3O5S2/c1-10(21-5)13-20-12(17)14(2)22-15(8-9-18-3)7-6-11(16)19-4/h6-9H2,1-5H3. The Morgan fingerprint density at radius 3 is 2.45 bits per heavy atom. The second-order valence-electron chi connectivity index (χ2n) is 4.00. The Bertz CT molecular complexity index is 382. The lowest BCUT2D eigenvalue weighted by molar-refractivity contribution is -0.140. The Kier molecular flexibility index (Phi) is 12.0. The van der Waals surface area contributed by atoms with Gasteiger partial charge in [-0.1, -0.05) is 5.16 Å². The minimum atomic E-state index is -0.598. The van der Waals surface area contributed by atoms with Gasteiger partial charge in [-0.2, -0.15) is 0 Å². The SMILES string of the molecule is COCCN(CCC(=O)OC)SN(C)C(=O)ON=C(C)SC. The highest BCUT2D eigenvalue weighted by Gasteiger charge is 2.17. The average molecular weight is 353 g/mol. The van der Waals surface area contributed by atoms with Gasteiger partial charge >= 0.3 is 12.1 Å². The Hall–Kier alpha value is -0.970. The third-order valence-electron chi connectivity index (χ3n) is 2.38. The molecule has 0 aliphatic rings. The van der Waals surface area contributed by atoms with Gasteiger partial charge in [0.15, 0.2) is 0 Å². The summed E-state index contributed by atoms with van der Waals surface area (Å²) in [6.45, 7) is 3.18. The number of amides is 1. The number of thioether (sulfide) groups is 1. The summed E-state index contributed by atoms with van der Waals surface area (Å²) in [4.78, 5) is 27.8. The number of methoxy groups -OCH3 is 2. The van der Waals surface area contributed by atoms with Crippen molar-refractivity contribution in [3.05, 3.63) is 0 Å². The van der Waals surface area contributed by atoms with Crippen LogP contribution in [0, 0.1) is 0 Å². The van der Waals surface area contributed by atoms with Crippen LogP contribution in [0.25, 0.3) is 0 Å². The van der Waals surface area contributed by atoms with Crippen molar-refractivity contribution in [1.82, 2.24) is 8.61 Å². The summed E-state index contributed by atoms with van der Waals surface area (Å²) in [7, 11) is 4.49. The molecular weight excluding hydrogens is 330 g/mol. The molecule has 0 saturated carbocycles. The van der Waals surface area contributed by atoms with Crippen LogP contribution in [-0.4, -0.2) is 72.9 Å². The zero-order valence-electron chi connectivity index (χ0n) is 13.5. The average Bonchev–Trinajstić information content (AvgIpc) is 2.53. The van der Waals surface area contributed by atoms with Gasteiger partial charge in [-0.25, -0.2) is 13.4 Å². The highest BCUT2D eigenvalue weighted by molar-refractivity contribution is 8.13. The van der Waals surface area contributed by atoms with Gasteiger partial charge < -0.3 is 9.47 Å². The molecule has 8 nitrogen and oxygen atoms in total. The molecule has 0 rings (SSSR count). The third-order valence-corrected chi connectivity index (χ3v) is 4.04. The topological polar surface area (TPSA) is 80.7 Å². The molecule has 10 heteroatoms. The van der Waals surface area contributed by atoms with E-state index in [0.717, 1.165) is 12.1 Å². The quantitative estimate of drug-likeness (QED) is 0.155. The zero-order valence-corrected chi connectivity index (χ0v) is 15.2. The van der Waals surface area contributed by atoms with E-state index in [1.54, 1.807) is 21.1 Å². The van der Waals surface area contributed by atoms with E-state index in [0.29, 0.717) is 24.7 Å².